The summed E-state index contributed by atoms with van der Waals surface area (Å²) < 4.78 is 5.44. The van der Waals surface area contributed by atoms with Gasteiger partial charge in [-0.3, -0.25) is 4.79 Å². The Morgan fingerprint density at radius 1 is 1.57 bits per heavy atom. The van der Waals surface area contributed by atoms with Crippen molar-refractivity contribution in [2.45, 2.75) is 38.2 Å². The molecule has 1 atom stereocenters. The molecule has 3 nitrogen and oxygen atoms in total. The van der Waals surface area contributed by atoms with Crippen molar-refractivity contribution in [3.8, 4) is 0 Å². The molecule has 0 aliphatic carbocycles. The van der Waals surface area contributed by atoms with Gasteiger partial charge in [-0.05, 0) is 32.6 Å². The smallest absolute Gasteiger partial charge is 0.251 e. The molecule has 1 heterocycles. The van der Waals surface area contributed by atoms with E-state index in [1.165, 1.54) is 0 Å². The average Bonchev–Trinajstić information content (AvgIpc) is 2.61. The van der Waals surface area contributed by atoms with Crippen LogP contribution in [0.2, 0.25) is 0 Å². The highest BCUT2D eigenvalue weighted by Crippen LogP contribution is 2.24. The number of alkyl halides is 1. The SMILES string of the molecule is CC1(C(=O)NCCCCBr)CCCO1. The maximum atomic E-state index is 11.7. The van der Waals surface area contributed by atoms with Crippen molar-refractivity contribution in [3.05, 3.63) is 0 Å². The van der Waals surface area contributed by atoms with E-state index in [2.05, 4.69) is 21.2 Å². The van der Waals surface area contributed by atoms with Crippen LogP contribution in [-0.2, 0) is 9.53 Å². The Morgan fingerprint density at radius 2 is 2.36 bits per heavy atom. The summed E-state index contributed by atoms with van der Waals surface area (Å²) in [6, 6.07) is 0. The third-order valence-electron chi connectivity index (χ3n) is 2.55. The monoisotopic (exact) mass is 263 g/mol. The Bertz CT molecular complexity index is 191. The van der Waals surface area contributed by atoms with E-state index in [0.717, 1.165) is 37.6 Å². The van der Waals surface area contributed by atoms with Gasteiger partial charge in [0.15, 0.2) is 0 Å². The molecule has 1 fully saturated rings. The molecule has 0 radical (unpaired) electrons. The van der Waals surface area contributed by atoms with Gasteiger partial charge >= 0.3 is 0 Å². The predicted molar refractivity (Wildman–Crippen MR) is 59.6 cm³/mol. The van der Waals surface area contributed by atoms with Crippen molar-refractivity contribution in [1.82, 2.24) is 5.32 Å². The van der Waals surface area contributed by atoms with Crippen LogP contribution in [0.5, 0.6) is 0 Å². The molecule has 0 aromatic rings. The number of ether oxygens (including phenoxy) is 1. The van der Waals surface area contributed by atoms with Crippen LogP contribution < -0.4 is 5.32 Å². The molecule has 1 aliphatic rings. The lowest BCUT2D eigenvalue weighted by atomic mass is 10.0. The molecule has 14 heavy (non-hydrogen) atoms. The number of hydrogen-bond donors (Lipinski definition) is 1. The third kappa shape index (κ3) is 3.24. The van der Waals surface area contributed by atoms with E-state index >= 15 is 0 Å². The first kappa shape index (κ1) is 12.0. The molecule has 0 saturated carbocycles. The number of unbranched alkanes of at least 4 members (excludes halogenated alkanes) is 1. The van der Waals surface area contributed by atoms with Crippen LogP contribution >= 0.6 is 15.9 Å². The lowest BCUT2D eigenvalue weighted by molar-refractivity contribution is -0.139. The van der Waals surface area contributed by atoms with Crippen LogP contribution in [0.15, 0.2) is 0 Å². The second-order valence-corrected chi connectivity index (χ2v) is 4.63. The van der Waals surface area contributed by atoms with Crippen LogP contribution in [0.3, 0.4) is 0 Å². The van der Waals surface area contributed by atoms with Crippen LogP contribution in [0, 0.1) is 0 Å². The van der Waals surface area contributed by atoms with Crippen molar-refractivity contribution in [3.63, 3.8) is 0 Å². The van der Waals surface area contributed by atoms with Gasteiger partial charge in [-0.15, -0.1) is 0 Å². The molecule has 82 valence electrons. The molecule has 4 heteroatoms. The molecule has 1 N–H and O–H groups in total. The van der Waals surface area contributed by atoms with Crippen LogP contribution in [0.4, 0.5) is 0 Å². The molecular weight excluding hydrogens is 246 g/mol. The van der Waals surface area contributed by atoms with E-state index in [-0.39, 0.29) is 5.91 Å². The topological polar surface area (TPSA) is 38.3 Å². The Balaban J connectivity index is 2.20. The van der Waals surface area contributed by atoms with E-state index in [1.54, 1.807) is 0 Å². The lowest BCUT2D eigenvalue weighted by Gasteiger charge is -2.21. The predicted octanol–water partition coefficient (Wildman–Crippen LogP) is 1.85. The van der Waals surface area contributed by atoms with Crippen molar-refractivity contribution in [2.24, 2.45) is 0 Å². The minimum absolute atomic E-state index is 0.0459. The van der Waals surface area contributed by atoms with Gasteiger partial charge in [-0.2, -0.15) is 0 Å². The second kappa shape index (κ2) is 5.71. The maximum absolute atomic E-state index is 11.7. The normalized spacial score (nSPS) is 26.4. The average molecular weight is 264 g/mol. The van der Waals surface area contributed by atoms with Crippen LogP contribution in [-0.4, -0.2) is 30.0 Å². The summed E-state index contributed by atoms with van der Waals surface area (Å²) in [7, 11) is 0. The maximum Gasteiger partial charge on any atom is 0.251 e. The van der Waals surface area contributed by atoms with E-state index in [4.69, 9.17) is 4.74 Å². The molecular formula is C10H18BrNO2. The van der Waals surface area contributed by atoms with Crippen molar-refractivity contribution >= 4 is 21.8 Å². The minimum Gasteiger partial charge on any atom is -0.365 e. The number of nitrogens with one attached hydrogen (secondary N) is 1. The lowest BCUT2D eigenvalue weighted by Crippen LogP contribution is -2.44. The number of rotatable bonds is 5. The van der Waals surface area contributed by atoms with Crippen molar-refractivity contribution < 1.29 is 9.53 Å². The molecule has 1 aliphatic heterocycles. The van der Waals surface area contributed by atoms with E-state index in [1.807, 2.05) is 6.92 Å². The second-order valence-electron chi connectivity index (χ2n) is 3.83. The zero-order chi connectivity index (χ0) is 10.4. The fraction of sp³-hybridized carbons (Fsp3) is 0.900. The van der Waals surface area contributed by atoms with Gasteiger partial charge in [-0.25, -0.2) is 0 Å². The first-order chi connectivity index (χ1) is 6.69. The molecule has 1 unspecified atom stereocenters. The molecule has 1 saturated heterocycles. The molecule has 0 aromatic carbocycles. The number of amides is 1. The van der Waals surface area contributed by atoms with Crippen molar-refractivity contribution in [2.75, 3.05) is 18.5 Å². The minimum atomic E-state index is -0.561. The van der Waals surface area contributed by atoms with E-state index < -0.39 is 5.60 Å². The summed E-state index contributed by atoms with van der Waals surface area (Å²) in [5.74, 6) is 0.0459. The number of carbonyl (C=O) groups excluding carboxylic acids is 1. The Kier molecular flexibility index (Phi) is 4.89. The van der Waals surface area contributed by atoms with Gasteiger partial charge in [-0.1, -0.05) is 15.9 Å². The van der Waals surface area contributed by atoms with Gasteiger partial charge in [0.25, 0.3) is 5.91 Å². The summed E-state index contributed by atoms with van der Waals surface area (Å²) in [5, 5.41) is 3.91. The zero-order valence-electron chi connectivity index (χ0n) is 8.64. The Labute approximate surface area is 93.7 Å². The van der Waals surface area contributed by atoms with Gasteiger partial charge < -0.3 is 10.1 Å². The summed E-state index contributed by atoms with van der Waals surface area (Å²) in [4.78, 5) is 11.7. The highest BCUT2D eigenvalue weighted by Gasteiger charge is 2.37. The highest BCUT2D eigenvalue weighted by molar-refractivity contribution is 9.09. The first-order valence-electron chi connectivity index (χ1n) is 5.17. The van der Waals surface area contributed by atoms with Gasteiger partial charge in [0, 0.05) is 18.5 Å². The van der Waals surface area contributed by atoms with Crippen LogP contribution in [0.1, 0.15) is 32.6 Å². The fourth-order valence-corrected chi connectivity index (χ4v) is 1.96. The van der Waals surface area contributed by atoms with Gasteiger partial charge in [0.1, 0.15) is 5.60 Å². The largest absolute Gasteiger partial charge is 0.365 e. The van der Waals surface area contributed by atoms with Gasteiger partial charge in [0.2, 0.25) is 0 Å². The molecule has 0 aromatic heterocycles. The molecule has 0 spiro atoms. The van der Waals surface area contributed by atoms with E-state index in [9.17, 15) is 4.79 Å². The van der Waals surface area contributed by atoms with Crippen LogP contribution in [0.25, 0.3) is 0 Å². The number of hydrogen-bond acceptors (Lipinski definition) is 2. The standard InChI is InChI=1S/C10H18BrNO2/c1-10(5-4-8-14-10)9(13)12-7-3-2-6-11/h2-8H2,1H3,(H,12,13). The number of carbonyl (C=O) groups is 1. The van der Waals surface area contributed by atoms with Crippen molar-refractivity contribution in [1.29, 1.82) is 0 Å². The summed E-state index contributed by atoms with van der Waals surface area (Å²) >= 11 is 3.36. The molecule has 1 amide bonds. The Hall–Kier alpha value is -0.0900. The fourth-order valence-electron chi connectivity index (χ4n) is 1.57. The zero-order valence-corrected chi connectivity index (χ0v) is 10.2. The van der Waals surface area contributed by atoms with E-state index in [0.29, 0.717) is 6.61 Å². The highest BCUT2D eigenvalue weighted by atomic mass is 79.9. The summed E-state index contributed by atoms with van der Waals surface area (Å²) in [6.07, 6.45) is 3.95. The summed E-state index contributed by atoms with van der Waals surface area (Å²) in [6.45, 7) is 3.34. The molecule has 1 rings (SSSR count). The Morgan fingerprint density at radius 3 is 2.93 bits per heavy atom. The first-order valence-corrected chi connectivity index (χ1v) is 6.29. The number of halogens is 1. The summed E-state index contributed by atoms with van der Waals surface area (Å²) in [5.41, 5.74) is -0.561. The molecule has 0 bridgehead atoms. The quantitative estimate of drug-likeness (QED) is 0.608. The third-order valence-corrected chi connectivity index (χ3v) is 3.11. The van der Waals surface area contributed by atoms with Gasteiger partial charge in [0.05, 0.1) is 0 Å².